The molecular weight excluding hydrogens is 397 g/mol. The first-order chi connectivity index (χ1) is 13.5. The van der Waals surface area contributed by atoms with Gasteiger partial charge in [-0.3, -0.25) is 4.79 Å². The van der Waals surface area contributed by atoms with Crippen molar-refractivity contribution in [2.24, 2.45) is 0 Å². The van der Waals surface area contributed by atoms with Crippen LogP contribution in [0.25, 0.3) is 6.08 Å². The van der Waals surface area contributed by atoms with Gasteiger partial charge in [0, 0.05) is 28.0 Å². The molecule has 2 N–H and O–H groups in total. The van der Waals surface area contributed by atoms with Gasteiger partial charge in [0.05, 0.1) is 45.4 Å². The summed E-state index contributed by atoms with van der Waals surface area (Å²) in [6.07, 6.45) is 3.06. The summed E-state index contributed by atoms with van der Waals surface area (Å²) in [4.78, 5) is 16.2. The number of hydrogen-bond acceptors (Lipinski definition) is 3. The second-order valence-electron chi connectivity index (χ2n) is 6.82. The first kappa shape index (κ1) is 20.5. The molecule has 148 valence electrons. The van der Waals surface area contributed by atoms with E-state index in [1.165, 1.54) is 18.9 Å². The standard InChI is InChI=1S/C21H23Cl2N3O2/c1-25-9-11-26(12-10-25)18-6-4-17(5-7-18)24-20(27)8-3-15-13-16(22)14-19(23)21(15)28-2/h3-8,13-14H,9-12H2,1-2H3,(H,24,27)/p+1/b8-3+. The van der Waals surface area contributed by atoms with Crippen molar-refractivity contribution in [1.29, 1.82) is 0 Å². The molecule has 7 heteroatoms. The van der Waals surface area contributed by atoms with E-state index in [9.17, 15) is 4.79 Å². The van der Waals surface area contributed by atoms with Gasteiger partial charge >= 0.3 is 0 Å². The second-order valence-corrected chi connectivity index (χ2v) is 7.67. The molecule has 0 saturated carbocycles. The van der Waals surface area contributed by atoms with Gasteiger partial charge in [-0.2, -0.15) is 0 Å². The van der Waals surface area contributed by atoms with E-state index < -0.39 is 0 Å². The molecule has 5 nitrogen and oxygen atoms in total. The molecule has 0 atom stereocenters. The number of quaternary nitrogens is 1. The number of piperazine rings is 1. The third kappa shape index (κ3) is 5.19. The number of ether oxygens (including phenoxy) is 1. The van der Waals surface area contributed by atoms with Gasteiger partial charge in [0.15, 0.2) is 0 Å². The Hall–Kier alpha value is -2.21. The molecule has 3 rings (SSSR count). The average molecular weight is 421 g/mol. The highest BCUT2D eigenvalue weighted by Crippen LogP contribution is 2.33. The van der Waals surface area contributed by atoms with Gasteiger partial charge in [0.2, 0.25) is 5.91 Å². The van der Waals surface area contributed by atoms with Crippen LogP contribution < -0.4 is 19.9 Å². The number of nitrogens with one attached hydrogen (secondary N) is 2. The molecule has 0 radical (unpaired) electrons. The zero-order chi connectivity index (χ0) is 20.1. The van der Waals surface area contributed by atoms with Gasteiger partial charge in [0.1, 0.15) is 5.75 Å². The number of rotatable bonds is 5. The number of halogens is 2. The van der Waals surface area contributed by atoms with Gasteiger partial charge in [-0.15, -0.1) is 0 Å². The number of amides is 1. The second kappa shape index (κ2) is 9.32. The van der Waals surface area contributed by atoms with Crippen LogP contribution in [0.3, 0.4) is 0 Å². The minimum atomic E-state index is -0.242. The fraction of sp³-hybridized carbons (Fsp3) is 0.286. The van der Waals surface area contributed by atoms with Crippen LogP contribution >= 0.6 is 23.2 Å². The maximum absolute atomic E-state index is 12.3. The minimum Gasteiger partial charge on any atom is -0.495 e. The van der Waals surface area contributed by atoms with Crippen molar-refractivity contribution in [1.82, 2.24) is 0 Å². The molecule has 0 spiro atoms. The number of hydrogen-bond donors (Lipinski definition) is 2. The highest BCUT2D eigenvalue weighted by molar-refractivity contribution is 6.36. The van der Waals surface area contributed by atoms with Crippen molar-refractivity contribution in [2.75, 3.05) is 50.6 Å². The molecule has 2 aromatic carbocycles. The Kier molecular flexibility index (Phi) is 6.83. The monoisotopic (exact) mass is 420 g/mol. The highest BCUT2D eigenvalue weighted by atomic mass is 35.5. The molecule has 28 heavy (non-hydrogen) atoms. The zero-order valence-corrected chi connectivity index (χ0v) is 17.5. The van der Waals surface area contributed by atoms with Gasteiger partial charge in [0.25, 0.3) is 0 Å². The first-order valence-electron chi connectivity index (χ1n) is 9.14. The van der Waals surface area contributed by atoms with E-state index in [1.54, 1.807) is 23.1 Å². The smallest absolute Gasteiger partial charge is 0.248 e. The van der Waals surface area contributed by atoms with Crippen molar-refractivity contribution >= 4 is 46.6 Å². The molecule has 1 heterocycles. The van der Waals surface area contributed by atoms with E-state index in [0.717, 1.165) is 31.9 Å². The summed E-state index contributed by atoms with van der Waals surface area (Å²) >= 11 is 12.1. The Labute approximate surface area is 175 Å². The van der Waals surface area contributed by atoms with Gasteiger partial charge < -0.3 is 19.9 Å². The maximum atomic E-state index is 12.3. The third-order valence-corrected chi connectivity index (χ3v) is 5.27. The summed E-state index contributed by atoms with van der Waals surface area (Å²) in [5.41, 5.74) is 2.57. The van der Waals surface area contributed by atoms with E-state index in [1.807, 2.05) is 24.3 Å². The van der Waals surface area contributed by atoms with Crippen LogP contribution in [0.5, 0.6) is 5.75 Å². The summed E-state index contributed by atoms with van der Waals surface area (Å²) in [7, 11) is 3.74. The van der Waals surface area contributed by atoms with Crippen molar-refractivity contribution in [3.05, 3.63) is 58.1 Å². The molecule has 1 aliphatic rings. The summed E-state index contributed by atoms with van der Waals surface area (Å²) < 4.78 is 5.28. The lowest BCUT2D eigenvalue weighted by molar-refractivity contribution is -0.880. The van der Waals surface area contributed by atoms with Crippen LogP contribution in [0.15, 0.2) is 42.5 Å². The van der Waals surface area contributed by atoms with Crippen molar-refractivity contribution < 1.29 is 14.4 Å². The molecule has 1 aliphatic heterocycles. The fourth-order valence-corrected chi connectivity index (χ4v) is 3.76. The lowest BCUT2D eigenvalue weighted by Crippen LogP contribution is -3.12. The average Bonchev–Trinajstić information content (AvgIpc) is 2.67. The normalized spacial score (nSPS) is 15.1. The van der Waals surface area contributed by atoms with Gasteiger partial charge in [-0.1, -0.05) is 23.2 Å². The number of carbonyl (C=O) groups is 1. The van der Waals surface area contributed by atoms with E-state index in [2.05, 4.69) is 17.3 Å². The van der Waals surface area contributed by atoms with Gasteiger partial charge in [-0.05, 0) is 42.5 Å². The molecular formula is C21H24Cl2N3O2+. The molecule has 0 aromatic heterocycles. The SMILES string of the molecule is COc1c(Cl)cc(Cl)cc1/C=C/C(=O)Nc1ccc(N2CC[NH+](C)CC2)cc1. The number of anilines is 2. The van der Waals surface area contributed by atoms with E-state index >= 15 is 0 Å². The fourth-order valence-electron chi connectivity index (χ4n) is 3.17. The summed E-state index contributed by atoms with van der Waals surface area (Å²) in [5.74, 6) is 0.239. The Balaban J connectivity index is 1.63. The summed E-state index contributed by atoms with van der Waals surface area (Å²) in [5, 5.41) is 3.74. The summed E-state index contributed by atoms with van der Waals surface area (Å²) in [6.45, 7) is 4.37. The Morgan fingerprint density at radius 2 is 1.86 bits per heavy atom. The van der Waals surface area contributed by atoms with Crippen LogP contribution in [0.4, 0.5) is 11.4 Å². The Morgan fingerprint density at radius 3 is 2.50 bits per heavy atom. The number of likely N-dealkylation sites (N-methyl/N-ethyl adjacent to an activating group) is 1. The third-order valence-electron chi connectivity index (χ3n) is 4.77. The largest absolute Gasteiger partial charge is 0.495 e. The van der Waals surface area contributed by atoms with E-state index in [0.29, 0.717) is 21.4 Å². The summed E-state index contributed by atoms with van der Waals surface area (Å²) in [6, 6.07) is 11.2. The van der Waals surface area contributed by atoms with E-state index in [4.69, 9.17) is 27.9 Å². The quantitative estimate of drug-likeness (QED) is 0.730. The lowest BCUT2D eigenvalue weighted by atomic mass is 10.2. The van der Waals surface area contributed by atoms with Crippen LogP contribution in [0.1, 0.15) is 5.56 Å². The number of nitrogens with zero attached hydrogens (tertiary/aromatic N) is 1. The molecule has 2 aromatic rings. The molecule has 0 bridgehead atoms. The number of carbonyl (C=O) groups excluding carboxylic acids is 1. The molecule has 0 aliphatic carbocycles. The molecule has 1 amide bonds. The molecule has 1 saturated heterocycles. The van der Waals surface area contributed by atoms with Crippen LogP contribution in [-0.2, 0) is 4.79 Å². The van der Waals surface area contributed by atoms with Crippen molar-refractivity contribution in [2.45, 2.75) is 0 Å². The Morgan fingerprint density at radius 1 is 1.18 bits per heavy atom. The van der Waals surface area contributed by atoms with Crippen LogP contribution in [-0.4, -0.2) is 46.2 Å². The number of benzene rings is 2. The Bertz CT molecular complexity index is 861. The highest BCUT2D eigenvalue weighted by Gasteiger charge is 2.16. The molecule has 0 unspecified atom stereocenters. The maximum Gasteiger partial charge on any atom is 0.248 e. The topological polar surface area (TPSA) is 46.0 Å². The van der Waals surface area contributed by atoms with Crippen molar-refractivity contribution in [3.8, 4) is 5.75 Å². The minimum absolute atomic E-state index is 0.242. The van der Waals surface area contributed by atoms with Crippen LogP contribution in [0.2, 0.25) is 10.0 Å². The van der Waals surface area contributed by atoms with Crippen LogP contribution in [0, 0.1) is 0 Å². The first-order valence-corrected chi connectivity index (χ1v) is 9.90. The lowest BCUT2D eigenvalue weighted by Gasteiger charge is -2.31. The predicted molar refractivity (Wildman–Crippen MR) is 116 cm³/mol. The number of methoxy groups -OCH3 is 1. The van der Waals surface area contributed by atoms with E-state index in [-0.39, 0.29) is 5.91 Å². The molecule has 1 fully saturated rings. The predicted octanol–water partition coefficient (Wildman–Crippen LogP) is 2.99. The van der Waals surface area contributed by atoms with Gasteiger partial charge in [-0.25, -0.2) is 0 Å². The zero-order valence-electron chi connectivity index (χ0n) is 16.0. The van der Waals surface area contributed by atoms with Crippen molar-refractivity contribution in [3.63, 3.8) is 0 Å².